The van der Waals surface area contributed by atoms with E-state index in [1.165, 1.54) is 10.2 Å². The quantitative estimate of drug-likeness (QED) is 0.621. The fourth-order valence-electron chi connectivity index (χ4n) is 4.83. The Morgan fingerprint density at radius 1 is 1.15 bits per heavy atom. The van der Waals surface area contributed by atoms with Crippen LogP contribution in [0.25, 0.3) is 10.8 Å². The Balaban J connectivity index is 1.59. The van der Waals surface area contributed by atoms with Crippen molar-refractivity contribution in [2.24, 2.45) is 5.92 Å². The van der Waals surface area contributed by atoms with E-state index in [0.29, 0.717) is 23.0 Å². The summed E-state index contributed by atoms with van der Waals surface area (Å²) in [5.74, 6) is 0.853. The highest BCUT2D eigenvalue weighted by Gasteiger charge is 2.31. The minimum Gasteiger partial charge on any atom is -0.497 e. The van der Waals surface area contributed by atoms with Gasteiger partial charge in [-0.05, 0) is 70.0 Å². The number of carbonyl (C=O) groups excluding carboxylic acids is 1. The molecule has 1 saturated heterocycles. The van der Waals surface area contributed by atoms with Gasteiger partial charge < -0.3 is 10.1 Å². The summed E-state index contributed by atoms with van der Waals surface area (Å²) in [5.41, 5.74) is 1.34. The van der Waals surface area contributed by atoms with Crippen LogP contribution in [0.3, 0.4) is 0 Å². The zero-order valence-electron chi connectivity index (χ0n) is 19.7. The van der Waals surface area contributed by atoms with E-state index in [2.05, 4.69) is 34.5 Å². The third-order valence-electron chi connectivity index (χ3n) is 6.52. The fourth-order valence-corrected chi connectivity index (χ4v) is 4.83. The van der Waals surface area contributed by atoms with Gasteiger partial charge in [0.1, 0.15) is 5.75 Å². The third-order valence-corrected chi connectivity index (χ3v) is 6.52. The first-order valence-electron chi connectivity index (χ1n) is 11.5. The predicted octanol–water partition coefficient (Wildman–Crippen LogP) is 3.80. The molecule has 7 heteroatoms. The Morgan fingerprint density at radius 2 is 1.85 bits per heavy atom. The van der Waals surface area contributed by atoms with E-state index < -0.39 is 0 Å². The number of fused-ring (bicyclic) bond motifs is 1. The van der Waals surface area contributed by atoms with Crippen molar-refractivity contribution in [2.45, 2.75) is 38.8 Å². The maximum atomic E-state index is 13.3. The van der Waals surface area contributed by atoms with Crippen molar-refractivity contribution in [3.05, 3.63) is 70.1 Å². The topological polar surface area (TPSA) is 76.5 Å². The van der Waals surface area contributed by atoms with E-state index >= 15 is 0 Å². The number of piperidine rings is 1. The summed E-state index contributed by atoms with van der Waals surface area (Å²) >= 11 is 0. The average Bonchev–Trinajstić information content (AvgIpc) is 2.83. The maximum absolute atomic E-state index is 13.3. The number of methoxy groups -OCH3 is 1. The normalized spacial score (nSPS) is 19.1. The molecule has 2 aromatic carbocycles. The zero-order chi connectivity index (χ0) is 23.5. The molecule has 0 saturated carbocycles. The van der Waals surface area contributed by atoms with Crippen LogP contribution in [0.5, 0.6) is 5.75 Å². The Morgan fingerprint density at radius 3 is 2.52 bits per heavy atom. The summed E-state index contributed by atoms with van der Waals surface area (Å²) in [6.07, 6.45) is 2.12. The molecular weight excluding hydrogens is 416 g/mol. The van der Waals surface area contributed by atoms with E-state index in [9.17, 15) is 9.59 Å². The lowest BCUT2D eigenvalue weighted by Crippen LogP contribution is -2.42. The number of hydrogen-bond acceptors (Lipinski definition) is 5. The van der Waals surface area contributed by atoms with Gasteiger partial charge in [-0.15, -0.1) is 0 Å². The summed E-state index contributed by atoms with van der Waals surface area (Å²) < 4.78 is 6.70. The number of ether oxygens (including phenoxy) is 1. The number of amides is 1. The number of nitrogens with zero attached hydrogens (tertiary/aromatic N) is 3. The van der Waals surface area contributed by atoms with E-state index in [0.717, 1.165) is 25.1 Å². The number of benzene rings is 2. The van der Waals surface area contributed by atoms with Gasteiger partial charge in [0.25, 0.3) is 11.5 Å². The van der Waals surface area contributed by atoms with Gasteiger partial charge in [0.05, 0.1) is 18.5 Å². The maximum Gasteiger partial charge on any atom is 0.274 e. The molecule has 3 aromatic rings. The highest BCUT2D eigenvalue weighted by atomic mass is 16.5. The molecule has 174 valence electrons. The SMILES string of the molecule is COc1ccc(C2C(CNC(=O)c3nn(C(C)C)c(=O)c4ccccc34)CCCN2C)cc1. The molecule has 1 N–H and O–H groups in total. The molecule has 0 bridgehead atoms. The summed E-state index contributed by atoms with van der Waals surface area (Å²) in [6, 6.07) is 15.4. The Labute approximate surface area is 194 Å². The lowest BCUT2D eigenvalue weighted by molar-refractivity contribution is 0.0886. The van der Waals surface area contributed by atoms with E-state index in [1.807, 2.05) is 38.1 Å². The van der Waals surface area contributed by atoms with Crippen LogP contribution < -0.4 is 15.6 Å². The second kappa shape index (κ2) is 9.75. The van der Waals surface area contributed by atoms with Crippen molar-refractivity contribution in [2.75, 3.05) is 27.2 Å². The Bertz CT molecular complexity index is 1190. The summed E-state index contributed by atoms with van der Waals surface area (Å²) in [5, 5.41) is 8.66. The molecule has 33 heavy (non-hydrogen) atoms. The fraction of sp³-hybridized carbons (Fsp3) is 0.423. The lowest BCUT2D eigenvalue weighted by Gasteiger charge is -2.39. The average molecular weight is 449 g/mol. The molecule has 1 aliphatic rings. The number of nitrogens with one attached hydrogen (secondary N) is 1. The lowest BCUT2D eigenvalue weighted by atomic mass is 9.85. The molecule has 1 fully saturated rings. The van der Waals surface area contributed by atoms with E-state index in [4.69, 9.17) is 4.74 Å². The van der Waals surface area contributed by atoms with Gasteiger partial charge in [-0.25, -0.2) is 4.68 Å². The highest BCUT2D eigenvalue weighted by molar-refractivity contribution is 6.04. The monoisotopic (exact) mass is 448 g/mol. The molecule has 1 aromatic heterocycles. The minimum atomic E-state index is -0.248. The number of hydrogen-bond donors (Lipinski definition) is 1. The summed E-state index contributed by atoms with van der Waals surface area (Å²) in [6.45, 7) is 5.34. The molecule has 2 atom stereocenters. The molecule has 0 spiro atoms. The van der Waals surface area contributed by atoms with Crippen LogP contribution in [0.1, 0.15) is 54.8 Å². The van der Waals surface area contributed by atoms with Gasteiger partial charge >= 0.3 is 0 Å². The molecule has 4 rings (SSSR count). The van der Waals surface area contributed by atoms with Gasteiger partial charge in [-0.2, -0.15) is 5.10 Å². The zero-order valence-corrected chi connectivity index (χ0v) is 19.7. The molecule has 7 nitrogen and oxygen atoms in total. The number of aromatic nitrogens is 2. The van der Waals surface area contributed by atoms with Crippen LogP contribution in [-0.4, -0.2) is 47.8 Å². The molecular formula is C26H32N4O3. The van der Waals surface area contributed by atoms with Crippen LogP contribution >= 0.6 is 0 Å². The van der Waals surface area contributed by atoms with Crippen molar-refractivity contribution in [3.63, 3.8) is 0 Å². The van der Waals surface area contributed by atoms with Crippen molar-refractivity contribution >= 4 is 16.7 Å². The first-order valence-corrected chi connectivity index (χ1v) is 11.5. The molecule has 2 heterocycles. The smallest absolute Gasteiger partial charge is 0.274 e. The molecule has 0 radical (unpaired) electrons. The molecule has 1 aliphatic heterocycles. The third kappa shape index (κ3) is 4.64. The largest absolute Gasteiger partial charge is 0.497 e. The van der Waals surface area contributed by atoms with Gasteiger partial charge in [0, 0.05) is 18.0 Å². The number of rotatable bonds is 6. The number of likely N-dealkylation sites (tertiary alicyclic amines) is 1. The summed E-state index contributed by atoms with van der Waals surface area (Å²) in [4.78, 5) is 28.4. The van der Waals surface area contributed by atoms with Gasteiger partial charge in [0.15, 0.2) is 5.69 Å². The van der Waals surface area contributed by atoms with Crippen LogP contribution in [0.2, 0.25) is 0 Å². The van der Waals surface area contributed by atoms with Crippen LogP contribution in [0.15, 0.2) is 53.3 Å². The first kappa shape index (κ1) is 23.0. The molecule has 0 aliphatic carbocycles. The Hall–Kier alpha value is -3.19. The van der Waals surface area contributed by atoms with E-state index in [-0.39, 0.29) is 29.5 Å². The van der Waals surface area contributed by atoms with Crippen molar-refractivity contribution in [1.29, 1.82) is 0 Å². The van der Waals surface area contributed by atoms with Gasteiger partial charge in [-0.3, -0.25) is 14.5 Å². The van der Waals surface area contributed by atoms with Crippen LogP contribution in [0.4, 0.5) is 0 Å². The van der Waals surface area contributed by atoms with Crippen molar-refractivity contribution in [3.8, 4) is 5.75 Å². The van der Waals surface area contributed by atoms with Crippen LogP contribution in [-0.2, 0) is 0 Å². The van der Waals surface area contributed by atoms with Gasteiger partial charge in [-0.1, -0.05) is 30.3 Å². The second-order valence-electron chi connectivity index (χ2n) is 9.05. The second-order valence-corrected chi connectivity index (χ2v) is 9.05. The van der Waals surface area contributed by atoms with Crippen molar-refractivity contribution in [1.82, 2.24) is 20.0 Å². The summed E-state index contributed by atoms with van der Waals surface area (Å²) in [7, 11) is 3.80. The van der Waals surface area contributed by atoms with E-state index in [1.54, 1.807) is 19.2 Å². The van der Waals surface area contributed by atoms with Crippen molar-refractivity contribution < 1.29 is 9.53 Å². The Kier molecular flexibility index (Phi) is 6.79. The number of carbonyl (C=O) groups is 1. The minimum absolute atomic E-state index is 0.139. The van der Waals surface area contributed by atoms with Gasteiger partial charge in [0.2, 0.25) is 0 Å². The predicted molar refractivity (Wildman–Crippen MR) is 130 cm³/mol. The highest BCUT2D eigenvalue weighted by Crippen LogP contribution is 2.35. The van der Waals surface area contributed by atoms with Crippen LogP contribution in [0, 0.1) is 5.92 Å². The molecule has 2 unspecified atom stereocenters. The standard InChI is InChI=1S/C26H32N4O3/c1-17(2)30-26(32)22-10-6-5-9-21(22)23(28-30)25(31)27-16-19-8-7-15-29(3)24(19)18-11-13-20(33-4)14-12-18/h5-6,9-14,17,19,24H,7-8,15-16H2,1-4H3,(H,27,31). The first-order chi connectivity index (χ1) is 15.9. The molecule has 1 amide bonds.